The van der Waals surface area contributed by atoms with E-state index in [1.165, 1.54) is 25.9 Å². The van der Waals surface area contributed by atoms with Gasteiger partial charge in [0.2, 0.25) is 0 Å². The Bertz CT molecular complexity index is 416. The van der Waals surface area contributed by atoms with Crippen molar-refractivity contribution in [3.8, 4) is 0 Å². The molecule has 3 heterocycles. The zero-order chi connectivity index (χ0) is 11.8. The second kappa shape index (κ2) is 4.58. The number of fused-ring (bicyclic) bond motifs is 3. The van der Waals surface area contributed by atoms with Gasteiger partial charge in [0.1, 0.15) is 5.82 Å². The van der Waals surface area contributed by atoms with Gasteiger partial charge in [0.05, 0.1) is 4.47 Å². The van der Waals surface area contributed by atoms with Crippen LogP contribution in [0.5, 0.6) is 0 Å². The zero-order valence-electron chi connectivity index (χ0n) is 9.63. The van der Waals surface area contributed by atoms with Crippen LogP contribution in [0.25, 0.3) is 0 Å². The van der Waals surface area contributed by atoms with Crippen molar-refractivity contribution in [1.29, 1.82) is 0 Å². The molecule has 92 valence electrons. The third-order valence-corrected chi connectivity index (χ3v) is 4.57. The van der Waals surface area contributed by atoms with E-state index >= 15 is 0 Å². The number of halogens is 2. The summed E-state index contributed by atoms with van der Waals surface area (Å²) < 4.78 is 13.9. The van der Waals surface area contributed by atoms with Crippen molar-refractivity contribution in [2.24, 2.45) is 5.92 Å². The van der Waals surface area contributed by atoms with E-state index in [1.54, 1.807) is 12.1 Å². The maximum atomic E-state index is 13.4. The smallest absolute Gasteiger partial charge is 0.139 e. The summed E-state index contributed by atoms with van der Waals surface area (Å²) in [6, 6.07) is 5.75. The minimum atomic E-state index is -0.198. The number of hydrogen-bond donors (Lipinski definition) is 1. The minimum absolute atomic E-state index is 0.198. The van der Waals surface area contributed by atoms with Crippen molar-refractivity contribution in [2.45, 2.75) is 18.9 Å². The van der Waals surface area contributed by atoms with E-state index in [0.717, 1.165) is 18.2 Å². The monoisotopic (exact) mass is 298 g/mol. The first kappa shape index (κ1) is 11.5. The molecular weight excluding hydrogens is 283 g/mol. The van der Waals surface area contributed by atoms with E-state index in [-0.39, 0.29) is 5.82 Å². The van der Waals surface area contributed by atoms with E-state index in [9.17, 15) is 4.39 Å². The number of rotatable bonds is 2. The molecule has 3 fully saturated rings. The molecule has 4 rings (SSSR count). The van der Waals surface area contributed by atoms with Crippen LogP contribution in [0.4, 0.5) is 10.1 Å². The first-order valence-electron chi connectivity index (χ1n) is 6.16. The van der Waals surface area contributed by atoms with Crippen molar-refractivity contribution < 1.29 is 4.39 Å². The molecule has 1 aromatic carbocycles. The van der Waals surface area contributed by atoms with Crippen molar-refractivity contribution in [2.75, 3.05) is 25.0 Å². The van der Waals surface area contributed by atoms with Crippen LogP contribution in [0.1, 0.15) is 12.8 Å². The van der Waals surface area contributed by atoms with Gasteiger partial charge in [-0.3, -0.25) is 0 Å². The number of benzene rings is 1. The third-order valence-electron chi connectivity index (χ3n) is 3.93. The van der Waals surface area contributed by atoms with Crippen LogP contribution < -0.4 is 5.32 Å². The molecule has 0 aliphatic carbocycles. The van der Waals surface area contributed by atoms with Crippen LogP contribution in [0.3, 0.4) is 0 Å². The van der Waals surface area contributed by atoms with E-state index in [2.05, 4.69) is 26.1 Å². The van der Waals surface area contributed by atoms with E-state index in [0.29, 0.717) is 10.5 Å². The number of nitrogens with one attached hydrogen (secondary N) is 1. The predicted molar refractivity (Wildman–Crippen MR) is 70.7 cm³/mol. The maximum absolute atomic E-state index is 13.4. The maximum Gasteiger partial charge on any atom is 0.139 e. The van der Waals surface area contributed by atoms with E-state index in [4.69, 9.17) is 0 Å². The fourth-order valence-corrected chi connectivity index (χ4v) is 3.18. The van der Waals surface area contributed by atoms with Crippen molar-refractivity contribution in [3.05, 3.63) is 28.5 Å². The fourth-order valence-electron chi connectivity index (χ4n) is 2.93. The van der Waals surface area contributed by atoms with E-state index < -0.39 is 0 Å². The second-order valence-corrected chi connectivity index (χ2v) is 5.87. The van der Waals surface area contributed by atoms with Crippen LogP contribution in [-0.4, -0.2) is 30.6 Å². The molecule has 0 saturated carbocycles. The molecule has 3 aliphatic rings. The normalized spacial score (nSPS) is 31.5. The lowest BCUT2D eigenvalue weighted by Crippen LogP contribution is -2.53. The molecule has 0 spiro atoms. The predicted octanol–water partition coefficient (Wildman–Crippen LogP) is 3.09. The second-order valence-electron chi connectivity index (χ2n) is 5.02. The van der Waals surface area contributed by atoms with Gasteiger partial charge in [-0.1, -0.05) is 0 Å². The lowest BCUT2D eigenvalue weighted by molar-refractivity contribution is 0.0975. The van der Waals surface area contributed by atoms with Crippen LogP contribution in [0.2, 0.25) is 0 Å². The summed E-state index contributed by atoms with van der Waals surface area (Å²) in [5.41, 5.74) is 0.893. The fraction of sp³-hybridized carbons (Fsp3) is 0.538. The first-order valence-corrected chi connectivity index (χ1v) is 6.95. The highest BCUT2D eigenvalue weighted by Crippen LogP contribution is 2.30. The Morgan fingerprint density at radius 2 is 2.06 bits per heavy atom. The molecule has 1 aromatic rings. The molecular formula is C13H16BrFN2. The molecule has 4 heteroatoms. The number of piperidine rings is 3. The summed E-state index contributed by atoms with van der Waals surface area (Å²) in [6.45, 7) is 3.57. The SMILES string of the molecule is Fc1cc(NC2CN3CCC2CC3)ccc1Br. The molecule has 2 bridgehead atoms. The number of nitrogens with zero attached hydrogens (tertiary/aromatic N) is 1. The Hall–Kier alpha value is -0.610. The van der Waals surface area contributed by atoms with Gasteiger partial charge >= 0.3 is 0 Å². The molecule has 2 nitrogen and oxygen atoms in total. The Morgan fingerprint density at radius 1 is 1.29 bits per heavy atom. The summed E-state index contributed by atoms with van der Waals surface area (Å²) in [4.78, 5) is 2.49. The molecule has 1 atom stereocenters. The summed E-state index contributed by atoms with van der Waals surface area (Å²) >= 11 is 3.18. The molecule has 3 saturated heterocycles. The molecule has 17 heavy (non-hydrogen) atoms. The highest BCUT2D eigenvalue weighted by atomic mass is 79.9. The van der Waals surface area contributed by atoms with Crippen LogP contribution in [0, 0.1) is 11.7 Å². The highest BCUT2D eigenvalue weighted by Gasteiger charge is 2.33. The van der Waals surface area contributed by atoms with Gasteiger partial charge < -0.3 is 10.2 Å². The van der Waals surface area contributed by atoms with Crippen molar-refractivity contribution in [3.63, 3.8) is 0 Å². The van der Waals surface area contributed by atoms with Crippen molar-refractivity contribution >= 4 is 21.6 Å². The van der Waals surface area contributed by atoms with Gasteiger partial charge in [0.25, 0.3) is 0 Å². The van der Waals surface area contributed by atoms with Gasteiger partial charge in [0.15, 0.2) is 0 Å². The molecule has 1 unspecified atom stereocenters. The number of anilines is 1. The van der Waals surface area contributed by atoms with E-state index in [1.807, 2.05) is 6.07 Å². The summed E-state index contributed by atoms with van der Waals surface area (Å²) in [6.07, 6.45) is 2.55. The minimum Gasteiger partial charge on any atom is -0.381 e. The Kier molecular flexibility index (Phi) is 3.09. The van der Waals surface area contributed by atoms with Crippen LogP contribution in [0.15, 0.2) is 22.7 Å². The third kappa shape index (κ3) is 2.33. The van der Waals surface area contributed by atoms with Crippen molar-refractivity contribution in [1.82, 2.24) is 4.90 Å². The topological polar surface area (TPSA) is 15.3 Å². The van der Waals surface area contributed by atoms with Crippen LogP contribution in [-0.2, 0) is 0 Å². The average molecular weight is 299 g/mol. The molecule has 0 amide bonds. The molecule has 0 radical (unpaired) electrons. The average Bonchev–Trinajstić information content (AvgIpc) is 2.35. The van der Waals surface area contributed by atoms with Gasteiger partial charge in [-0.05, 0) is 66.0 Å². The Morgan fingerprint density at radius 3 is 2.65 bits per heavy atom. The van der Waals surface area contributed by atoms with Crippen LogP contribution >= 0.6 is 15.9 Å². The summed E-state index contributed by atoms with van der Waals surface area (Å²) in [7, 11) is 0. The Labute approximate surface area is 109 Å². The van der Waals surface area contributed by atoms with Gasteiger partial charge in [-0.25, -0.2) is 4.39 Å². The quantitative estimate of drug-likeness (QED) is 0.903. The highest BCUT2D eigenvalue weighted by molar-refractivity contribution is 9.10. The largest absolute Gasteiger partial charge is 0.381 e. The summed E-state index contributed by atoms with van der Waals surface area (Å²) in [5, 5.41) is 3.48. The van der Waals surface area contributed by atoms with Gasteiger partial charge in [0, 0.05) is 18.3 Å². The number of hydrogen-bond acceptors (Lipinski definition) is 2. The lowest BCUT2D eigenvalue weighted by atomic mass is 9.84. The standard InChI is InChI=1S/C13H16BrFN2/c14-11-2-1-10(7-12(11)15)16-13-8-17-5-3-9(13)4-6-17/h1-2,7,9,13,16H,3-6,8H2. The summed E-state index contributed by atoms with van der Waals surface area (Å²) in [5.74, 6) is 0.558. The zero-order valence-corrected chi connectivity index (χ0v) is 11.2. The lowest BCUT2D eigenvalue weighted by Gasteiger charge is -2.45. The van der Waals surface area contributed by atoms with Gasteiger partial charge in [-0.15, -0.1) is 0 Å². The molecule has 0 aromatic heterocycles. The molecule has 3 aliphatic heterocycles. The first-order chi connectivity index (χ1) is 8.22. The Balaban J connectivity index is 1.72. The van der Waals surface area contributed by atoms with Gasteiger partial charge in [-0.2, -0.15) is 0 Å². The molecule has 1 N–H and O–H groups in total.